The van der Waals surface area contributed by atoms with Crippen molar-refractivity contribution in [3.05, 3.63) is 24.3 Å². The smallest absolute Gasteiger partial charge is 0.404 e. The molecule has 22 heavy (non-hydrogen) atoms. The predicted octanol–water partition coefficient (Wildman–Crippen LogP) is 3.61. The number of carbonyl (C=O) groups is 1. The van der Waals surface area contributed by atoms with Crippen LogP contribution in [0, 0.1) is 0 Å². The van der Waals surface area contributed by atoms with Gasteiger partial charge in [0.25, 0.3) is 0 Å². The van der Waals surface area contributed by atoms with Crippen LogP contribution in [0.25, 0.3) is 0 Å². The van der Waals surface area contributed by atoms with Gasteiger partial charge in [0, 0.05) is 0 Å². The van der Waals surface area contributed by atoms with Crippen LogP contribution in [0.3, 0.4) is 0 Å². The molecule has 1 saturated carbocycles. The molecular formula is C15H18F3NO3. The first-order valence-corrected chi connectivity index (χ1v) is 7.14. The Balaban J connectivity index is 2.02. The van der Waals surface area contributed by atoms with Crippen LogP contribution in [0.15, 0.2) is 24.3 Å². The van der Waals surface area contributed by atoms with Crippen LogP contribution >= 0.6 is 0 Å². The van der Waals surface area contributed by atoms with Crippen molar-refractivity contribution in [3.63, 3.8) is 0 Å². The molecule has 7 heteroatoms. The van der Waals surface area contributed by atoms with E-state index in [2.05, 4.69) is 10.1 Å². The molecule has 0 radical (unpaired) electrons. The third-order valence-electron chi connectivity index (χ3n) is 3.66. The number of ether oxygens (including phenoxy) is 1. The van der Waals surface area contributed by atoms with E-state index < -0.39 is 23.6 Å². The first kappa shape index (κ1) is 16.6. The number of benzene rings is 1. The van der Waals surface area contributed by atoms with Gasteiger partial charge in [-0.15, -0.1) is 13.2 Å². The lowest BCUT2D eigenvalue weighted by Gasteiger charge is -2.31. The highest BCUT2D eigenvalue weighted by Crippen LogP contribution is 2.33. The molecule has 1 aliphatic rings. The number of para-hydroxylation sites is 2. The lowest BCUT2D eigenvalue weighted by atomic mass is 9.82. The Labute approximate surface area is 126 Å². The van der Waals surface area contributed by atoms with Crippen LogP contribution in [0.2, 0.25) is 0 Å². The highest BCUT2D eigenvalue weighted by molar-refractivity contribution is 5.92. The summed E-state index contributed by atoms with van der Waals surface area (Å²) in [6, 6.07) is 5.32. The first-order valence-electron chi connectivity index (χ1n) is 7.14. The molecule has 0 spiro atoms. The molecule has 2 N–H and O–H groups in total. The van der Waals surface area contributed by atoms with Gasteiger partial charge >= 0.3 is 6.36 Å². The third-order valence-corrected chi connectivity index (χ3v) is 3.66. The largest absolute Gasteiger partial charge is 0.573 e. The number of rotatable bonds is 4. The molecule has 1 aliphatic carbocycles. The van der Waals surface area contributed by atoms with Gasteiger partial charge in [0.05, 0.1) is 17.7 Å². The zero-order valence-corrected chi connectivity index (χ0v) is 11.9. The summed E-state index contributed by atoms with van der Waals surface area (Å²) < 4.78 is 40.8. The highest BCUT2D eigenvalue weighted by Gasteiger charge is 2.34. The number of carbonyl (C=O) groups excluding carboxylic acids is 1. The molecule has 0 heterocycles. The van der Waals surface area contributed by atoms with E-state index in [1.807, 2.05) is 0 Å². The summed E-state index contributed by atoms with van der Waals surface area (Å²) in [5.74, 6) is -0.999. The van der Waals surface area contributed by atoms with Crippen molar-refractivity contribution in [3.8, 4) is 5.75 Å². The zero-order valence-electron chi connectivity index (χ0n) is 11.9. The molecule has 0 atom stereocenters. The maximum Gasteiger partial charge on any atom is 0.573 e. The molecule has 1 aromatic carbocycles. The zero-order chi connectivity index (χ0) is 16.2. The number of hydrogen-bond acceptors (Lipinski definition) is 3. The number of nitrogens with one attached hydrogen (secondary N) is 1. The maximum atomic E-state index is 12.3. The SMILES string of the molecule is O=C(CC1(O)CCCCC1)Nc1ccccc1OC(F)(F)F. The van der Waals surface area contributed by atoms with Gasteiger partial charge in [0.15, 0.2) is 5.75 Å². The minimum atomic E-state index is -4.83. The van der Waals surface area contributed by atoms with Crippen molar-refractivity contribution in [2.45, 2.75) is 50.5 Å². The lowest BCUT2D eigenvalue weighted by molar-refractivity contribution is -0.274. The lowest BCUT2D eigenvalue weighted by Crippen LogP contribution is -2.36. The number of alkyl halides is 3. The average molecular weight is 317 g/mol. The molecule has 0 unspecified atom stereocenters. The van der Waals surface area contributed by atoms with Crippen molar-refractivity contribution in [2.75, 3.05) is 5.32 Å². The first-order chi connectivity index (χ1) is 10.3. The second kappa shape index (κ2) is 6.56. The molecule has 2 rings (SSSR count). The fourth-order valence-corrected chi connectivity index (χ4v) is 2.66. The van der Waals surface area contributed by atoms with Crippen LogP contribution in [0.4, 0.5) is 18.9 Å². The van der Waals surface area contributed by atoms with Crippen molar-refractivity contribution in [2.24, 2.45) is 0 Å². The minimum Gasteiger partial charge on any atom is -0.404 e. The van der Waals surface area contributed by atoms with Gasteiger partial charge in [0.2, 0.25) is 5.91 Å². The van der Waals surface area contributed by atoms with Crippen molar-refractivity contribution < 1.29 is 27.8 Å². The number of anilines is 1. The Morgan fingerprint density at radius 2 is 1.86 bits per heavy atom. The number of hydrogen-bond donors (Lipinski definition) is 2. The van der Waals surface area contributed by atoms with Gasteiger partial charge in [-0.1, -0.05) is 31.4 Å². The highest BCUT2D eigenvalue weighted by atomic mass is 19.4. The van der Waals surface area contributed by atoms with E-state index in [-0.39, 0.29) is 12.1 Å². The summed E-state index contributed by atoms with van der Waals surface area (Å²) >= 11 is 0. The van der Waals surface area contributed by atoms with Gasteiger partial charge in [0.1, 0.15) is 0 Å². The summed E-state index contributed by atoms with van der Waals surface area (Å²) in [7, 11) is 0. The quantitative estimate of drug-likeness (QED) is 0.892. The summed E-state index contributed by atoms with van der Waals surface area (Å²) in [5, 5.41) is 12.7. The molecule has 0 bridgehead atoms. The summed E-state index contributed by atoms with van der Waals surface area (Å²) in [6.45, 7) is 0. The molecule has 0 aromatic heterocycles. The molecule has 1 amide bonds. The van der Waals surface area contributed by atoms with Gasteiger partial charge in [-0.25, -0.2) is 0 Å². The van der Waals surface area contributed by atoms with Gasteiger partial charge < -0.3 is 15.2 Å². The van der Waals surface area contributed by atoms with E-state index >= 15 is 0 Å². The van der Waals surface area contributed by atoms with E-state index in [1.165, 1.54) is 18.2 Å². The molecule has 4 nitrogen and oxygen atoms in total. The van der Waals surface area contributed by atoms with Crippen molar-refractivity contribution >= 4 is 11.6 Å². The van der Waals surface area contributed by atoms with E-state index in [0.29, 0.717) is 12.8 Å². The van der Waals surface area contributed by atoms with E-state index in [4.69, 9.17) is 0 Å². The second-order valence-electron chi connectivity index (χ2n) is 5.55. The molecule has 1 aromatic rings. The van der Waals surface area contributed by atoms with Crippen molar-refractivity contribution in [1.82, 2.24) is 0 Å². The van der Waals surface area contributed by atoms with E-state index in [0.717, 1.165) is 25.3 Å². The number of halogens is 3. The van der Waals surface area contributed by atoms with Crippen LogP contribution < -0.4 is 10.1 Å². The van der Waals surface area contributed by atoms with Gasteiger partial charge in [-0.3, -0.25) is 4.79 Å². The van der Waals surface area contributed by atoms with E-state index in [1.54, 1.807) is 0 Å². The van der Waals surface area contributed by atoms with Gasteiger partial charge in [-0.05, 0) is 25.0 Å². The minimum absolute atomic E-state index is 0.0655. The average Bonchev–Trinajstić information content (AvgIpc) is 2.39. The molecule has 0 saturated heterocycles. The molecular weight excluding hydrogens is 299 g/mol. The fourth-order valence-electron chi connectivity index (χ4n) is 2.66. The Kier molecular flexibility index (Phi) is 4.95. The number of aliphatic hydroxyl groups is 1. The van der Waals surface area contributed by atoms with Crippen molar-refractivity contribution in [1.29, 1.82) is 0 Å². The Bertz CT molecular complexity index is 525. The monoisotopic (exact) mass is 317 g/mol. The summed E-state index contributed by atoms with van der Waals surface area (Å²) in [4.78, 5) is 12.0. The summed E-state index contributed by atoms with van der Waals surface area (Å²) in [5.41, 5.74) is -1.13. The molecule has 0 aliphatic heterocycles. The normalized spacial score (nSPS) is 17.8. The Morgan fingerprint density at radius 3 is 2.50 bits per heavy atom. The fraction of sp³-hybridized carbons (Fsp3) is 0.533. The third kappa shape index (κ3) is 4.91. The standard InChI is InChI=1S/C15H18F3NO3/c16-15(17,18)22-12-7-3-2-6-11(12)19-13(20)10-14(21)8-4-1-5-9-14/h2-3,6-7,21H,1,4-5,8-10H2,(H,19,20). The second-order valence-corrected chi connectivity index (χ2v) is 5.55. The van der Waals surface area contributed by atoms with Crippen LogP contribution in [0.1, 0.15) is 38.5 Å². The molecule has 1 fully saturated rings. The van der Waals surface area contributed by atoms with Gasteiger partial charge in [-0.2, -0.15) is 0 Å². The van der Waals surface area contributed by atoms with E-state index in [9.17, 15) is 23.1 Å². The van der Waals surface area contributed by atoms with Crippen LogP contribution in [0.5, 0.6) is 5.75 Å². The predicted molar refractivity (Wildman–Crippen MR) is 74.4 cm³/mol. The maximum absolute atomic E-state index is 12.3. The Morgan fingerprint density at radius 1 is 1.23 bits per heavy atom. The van der Waals surface area contributed by atoms with Crippen LogP contribution in [-0.4, -0.2) is 23.0 Å². The number of amides is 1. The topological polar surface area (TPSA) is 58.6 Å². The van der Waals surface area contributed by atoms with Crippen LogP contribution in [-0.2, 0) is 4.79 Å². The molecule has 122 valence electrons. The Hall–Kier alpha value is -1.76. The summed E-state index contributed by atoms with van der Waals surface area (Å²) in [6.07, 6.45) is -1.20.